The standard InChI is InChI=1S/C15H13NO2S/c1-17-11-8-12-14(13(9-11)18-2)19-15(16-12)10-6-4-3-5-7-10/h3-9H,1-2H3. The van der Waals surface area contributed by atoms with Crippen molar-refractivity contribution in [1.82, 2.24) is 4.98 Å². The van der Waals surface area contributed by atoms with Crippen LogP contribution in [0.3, 0.4) is 0 Å². The van der Waals surface area contributed by atoms with Gasteiger partial charge < -0.3 is 9.47 Å². The fraction of sp³-hybridized carbons (Fsp3) is 0.133. The van der Waals surface area contributed by atoms with Gasteiger partial charge in [-0.3, -0.25) is 0 Å². The third-order valence-corrected chi connectivity index (χ3v) is 4.04. The van der Waals surface area contributed by atoms with Crippen molar-refractivity contribution in [3.8, 4) is 22.1 Å². The molecule has 0 aliphatic heterocycles. The second-order valence-electron chi connectivity index (χ2n) is 4.06. The van der Waals surface area contributed by atoms with E-state index in [2.05, 4.69) is 17.1 Å². The quantitative estimate of drug-likeness (QED) is 0.722. The maximum Gasteiger partial charge on any atom is 0.142 e. The molecule has 0 N–H and O–H groups in total. The van der Waals surface area contributed by atoms with E-state index in [9.17, 15) is 0 Å². The molecular formula is C15H13NO2S. The van der Waals surface area contributed by atoms with Gasteiger partial charge in [0.15, 0.2) is 0 Å². The molecular weight excluding hydrogens is 258 g/mol. The highest BCUT2D eigenvalue weighted by Crippen LogP contribution is 2.38. The number of thiazole rings is 1. The minimum atomic E-state index is 0.759. The summed E-state index contributed by atoms with van der Waals surface area (Å²) in [5, 5.41) is 0.988. The van der Waals surface area contributed by atoms with Crippen molar-refractivity contribution in [2.75, 3.05) is 14.2 Å². The molecule has 0 aliphatic rings. The molecule has 0 atom stereocenters. The molecule has 3 nitrogen and oxygen atoms in total. The fourth-order valence-corrected chi connectivity index (χ4v) is 2.99. The van der Waals surface area contributed by atoms with Gasteiger partial charge >= 0.3 is 0 Å². The SMILES string of the molecule is COc1cc(OC)c2sc(-c3ccccc3)nc2c1. The van der Waals surface area contributed by atoms with Crippen LogP contribution in [0.4, 0.5) is 0 Å². The lowest BCUT2D eigenvalue weighted by molar-refractivity contribution is 0.398. The van der Waals surface area contributed by atoms with Gasteiger partial charge in [0, 0.05) is 17.7 Å². The van der Waals surface area contributed by atoms with Gasteiger partial charge in [0.05, 0.1) is 24.4 Å². The summed E-state index contributed by atoms with van der Waals surface area (Å²) in [6, 6.07) is 14.0. The van der Waals surface area contributed by atoms with Crippen LogP contribution in [0, 0.1) is 0 Å². The van der Waals surface area contributed by atoms with Crippen LogP contribution >= 0.6 is 11.3 Å². The lowest BCUT2D eigenvalue weighted by Gasteiger charge is -2.03. The molecule has 0 saturated heterocycles. The first-order valence-electron chi connectivity index (χ1n) is 5.90. The molecule has 2 aromatic carbocycles. The largest absolute Gasteiger partial charge is 0.497 e. The van der Waals surface area contributed by atoms with E-state index in [1.54, 1.807) is 25.6 Å². The maximum absolute atomic E-state index is 5.41. The van der Waals surface area contributed by atoms with Gasteiger partial charge in [-0.25, -0.2) is 4.98 Å². The topological polar surface area (TPSA) is 31.4 Å². The van der Waals surface area contributed by atoms with Crippen LogP contribution in [-0.2, 0) is 0 Å². The Bertz CT molecular complexity index is 707. The first-order valence-corrected chi connectivity index (χ1v) is 6.71. The van der Waals surface area contributed by atoms with Gasteiger partial charge in [-0.15, -0.1) is 11.3 Å². The molecule has 3 rings (SSSR count). The summed E-state index contributed by atoms with van der Waals surface area (Å²) >= 11 is 1.63. The average molecular weight is 271 g/mol. The molecule has 0 aliphatic carbocycles. The van der Waals surface area contributed by atoms with Gasteiger partial charge in [0.1, 0.15) is 16.5 Å². The van der Waals surface area contributed by atoms with Gasteiger partial charge in [0.2, 0.25) is 0 Å². The highest BCUT2D eigenvalue weighted by Gasteiger charge is 2.12. The van der Waals surface area contributed by atoms with Gasteiger partial charge in [-0.05, 0) is 0 Å². The second kappa shape index (κ2) is 4.90. The molecule has 1 aromatic heterocycles. The number of methoxy groups -OCH3 is 2. The van der Waals surface area contributed by atoms with E-state index >= 15 is 0 Å². The molecule has 0 unspecified atom stereocenters. The van der Waals surface area contributed by atoms with E-state index in [1.807, 2.05) is 30.3 Å². The Labute approximate surface area is 115 Å². The third kappa shape index (κ3) is 2.15. The number of ether oxygens (including phenoxy) is 2. The van der Waals surface area contributed by atoms with Crippen molar-refractivity contribution >= 4 is 21.6 Å². The zero-order chi connectivity index (χ0) is 13.2. The zero-order valence-corrected chi connectivity index (χ0v) is 11.5. The molecule has 0 fully saturated rings. The normalized spacial score (nSPS) is 10.6. The number of rotatable bonds is 3. The maximum atomic E-state index is 5.41. The Morgan fingerprint density at radius 1 is 1.00 bits per heavy atom. The Balaban J connectivity index is 2.20. The van der Waals surface area contributed by atoms with Crippen molar-refractivity contribution in [1.29, 1.82) is 0 Å². The molecule has 1 heterocycles. The highest BCUT2D eigenvalue weighted by atomic mass is 32.1. The smallest absolute Gasteiger partial charge is 0.142 e. The monoisotopic (exact) mass is 271 g/mol. The molecule has 3 aromatic rings. The summed E-state index contributed by atoms with van der Waals surface area (Å²) < 4.78 is 11.7. The highest BCUT2D eigenvalue weighted by molar-refractivity contribution is 7.22. The molecule has 96 valence electrons. The van der Waals surface area contributed by atoms with Gasteiger partial charge in [-0.1, -0.05) is 30.3 Å². The summed E-state index contributed by atoms with van der Waals surface area (Å²) in [6.45, 7) is 0. The third-order valence-electron chi connectivity index (χ3n) is 2.91. The molecule has 0 saturated carbocycles. The summed E-state index contributed by atoms with van der Waals surface area (Å²) in [4.78, 5) is 4.66. The Kier molecular flexibility index (Phi) is 3.09. The predicted molar refractivity (Wildman–Crippen MR) is 78.2 cm³/mol. The Hall–Kier alpha value is -2.07. The molecule has 19 heavy (non-hydrogen) atoms. The summed E-state index contributed by atoms with van der Waals surface area (Å²) in [5.41, 5.74) is 2.02. The van der Waals surface area contributed by atoms with Crippen LogP contribution in [0.15, 0.2) is 42.5 Å². The van der Waals surface area contributed by atoms with Crippen LogP contribution in [0.5, 0.6) is 11.5 Å². The lowest BCUT2D eigenvalue weighted by Crippen LogP contribution is -1.87. The molecule has 0 amide bonds. The van der Waals surface area contributed by atoms with E-state index in [4.69, 9.17) is 9.47 Å². The predicted octanol–water partition coefficient (Wildman–Crippen LogP) is 3.98. The molecule has 0 spiro atoms. The van der Waals surface area contributed by atoms with E-state index in [-0.39, 0.29) is 0 Å². The molecule has 4 heteroatoms. The van der Waals surface area contributed by atoms with E-state index < -0.39 is 0 Å². The Morgan fingerprint density at radius 2 is 1.79 bits per heavy atom. The second-order valence-corrected chi connectivity index (χ2v) is 5.06. The van der Waals surface area contributed by atoms with Crippen LogP contribution in [-0.4, -0.2) is 19.2 Å². The Morgan fingerprint density at radius 3 is 2.47 bits per heavy atom. The first-order chi connectivity index (χ1) is 9.31. The number of hydrogen-bond acceptors (Lipinski definition) is 4. The number of benzene rings is 2. The zero-order valence-electron chi connectivity index (χ0n) is 10.7. The van der Waals surface area contributed by atoms with Crippen LogP contribution in [0.2, 0.25) is 0 Å². The first kappa shape index (κ1) is 12.0. The van der Waals surface area contributed by atoms with Crippen molar-refractivity contribution in [3.05, 3.63) is 42.5 Å². The summed E-state index contributed by atoms with van der Waals surface area (Å²) in [7, 11) is 3.31. The van der Waals surface area contributed by atoms with Crippen LogP contribution in [0.1, 0.15) is 0 Å². The number of nitrogens with zero attached hydrogens (tertiary/aromatic N) is 1. The van der Waals surface area contributed by atoms with E-state index in [0.29, 0.717) is 0 Å². The minimum absolute atomic E-state index is 0.759. The summed E-state index contributed by atoms with van der Waals surface area (Å²) in [5.74, 6) is 1.56. The fourth-order valence-electron chi connectivity index (χ4n) is 1.95. The minimum Gasteiger partial charge on any atom is -0.497 e. The van der Waals surface area contributed by atoms with Crippen LogP contribution in [0.25, 0.3) is 20.8 Å². The number of aromatic nitrogens is 1. The molecule has 0 bridgehead atoms. The number of hydrogen-bond donors (Lipinski definition) is 0. The van der Waals surface area contributed by atoms with Crippen molar-refractivity contribution in [2.24, 2.45) is 0 Å². The van der Waals surface area contributed by atoms with E-state index in [1.165, 1.54) is 0 Å². The van der Waals surface area contributed by atoms with Crippen molar-refractivity contribution < 1.29 is 9.47 Å². The van der Waals surface area contributed by atoms with Gasteiger partial charge in [-0.2, -0.15) is 0 Å². The average Bonchev–Trinajstić information content (AvgIpc) is 2.91. The van der Waals surface area contributed by atoms with Crippen LogP contribution < -0.4 is 9.47 Å². The van der Waals surface area contributed by atoms with Crippen molar-refractivity contribution in [3.63, 3.8) is 0 Å². The van der Waals surface area contributed by atoms with Crippen molar-refractivity contribution in [2.45, 2.75) is 0 Å². The van der Waals surface area contributed by atoms with E-state index in [0.717, 1.165) is 32.3 Å². The van der Waals surface area contributed by atoms with Gasteiger partial charge in [0.25, 0.3) is 0 Å². The summed E-state index contributed by atoms with van der Waals surface area (Å²) in [6.07, 6.45) is 0. The number of fused-ring (bicyclic) bond motifs is 1. The molecule has 0 radical (unpaired) electrons. The lowest BCUT2D eigenvalue weighted by atomic mass is 10.2.